The van der Waals surface area contributed by atoms with E-state index in [-0.39, 0.29) is 17.2 Å². The smallest absolute Gasteiger partial charge is 0.277 e. The molecule has 16 heavy (non-hydrogen) atoms. The molecule has 0 saturated heterocycles. The van der Waals surface area contributed by atoms with Gasteiger partial charge in [0.1, 0.15) is 4.88 Å². The number of amides is 1. The Morgan fingerprint density at radius 2 is 2.00 bits per heavy atom. The maximum absolute atomic E-state index is 11.6. The highest BCUT2D eigenvalue weighted by Gasteiger charge is 2.25. The number of rotatable bonds is 2. The third kappa shape index (κ3) is 2.59. The first-order chi connectivity index (χ1) is 7.27. The van der Waals surface area contributed by atoms with Crippen molar-refractivity contribution in [3.8, 4) is 0 Å². The first-order valence-electron chi connectivity index (χ1n) is 5.29. The predicted octanol–water partition coefficient (Wildman–Crippen LogP) is 2.17. The monoisotopic (exact) mass is 241 g/mol. The molecular weight excluding hydrogens is 222 g/mol. The standard InChI is InChI=1S/C11H19N3OS/c1-6(2)7-8(9(15)14-12)16-10(13-7)11(3,4)5/h6H,12H2,1-5H3,(H,14,15). The molecule has 0 fully saturated rings. The molecule has 0 aliphatic heterocycles. The van der Waals surface area contributed by atoms with Crippen LogP contribution in [0.15, 0.2) is 0 Å². The van der Waals surface area contributed by atoms with Crippen LogP contribution in [0.5, 0.6) is 0 Å². The molecule has 0 spiro atoms. The Bertz CT molecular complexity index is 390. The summed E-state index contributed by atoms with van der Waals surface area (Å²) in [6.45, 7) is 10.3. The van der Waals surface area contributed by atoms with Crippen LogP contribution in [0.4, 0.5) is 0 Å². The summed E-state index contributed by atoms with van der Waals surface area (Å²) in [5.74, 6) is 5.14. The van der Waals surface area contributed by atoms with Gasteiger partial charge in [-0.2, -0.15) is 0 Å². The number of thiazole rings is 1. The lowest BCUT2D eigenvalue weighted by molar-refractivity contribution is 0.0956. The van der Waals surface area contributed by atoms with Crippen molar-refractivity contribution in [2.24, 2.45) is 5.84 Å². The largest absolute Gasteiger partial charge is 0.289 e. The van der Waals surface area contributed by atoms with Crippen molar-refractivity contribution in [2.45, 2.75) is 46.0 Å². The van der Waals surface area contributed by atoms with E-state index in [2.05, 4.69) is 31.2 Å². The summed E-state index contributed by atoms with van der Waals surface area (Å²) in [6.07, 6.45) is 0. The molecular formula is C11H19N3OS. The first-order valence-corrected chi connectivity index (χ1v) is 6.11. The van der Waals surface area contributed by atoms with Gasteiger partial charge in [-0.15, -0.1) is 11.3 Å². The summed E-state index contributed by atoms with van der Waals surface area (Å²) >= 11 is 1.42. The van der Waals surface area contributed by atoms with E-state index in [1.165, 1.54) is 11.3 Å². The number of hydrogen-bond donors (Lipinski definition) is 2. The van der Waals surface area contributed by atoms with E-state index in [0.717, 1.165) is 10.7 Å². The van der Waals surface area contributed by atoms with Gasteiger partial charge in [0.2, 0.25) is 0 Å². The van der Waals surface area contributed by atoms with Crippen molar-refractivity contribution < 1.29 is 4.79 Å². The normalized spacial score (nSPS) is 11.9. The molecule has 1 aromatic heterocycles. The zero-order valence-corrected chi connectivity index (χ0v) is 11.2. The fourth-order valence-electron chi connectivity index (χ4n) is 1.27. The molecule has 5 heteroatoms. The molecule has 0 atom stereocenters. The molecule has 4 nitrogen and oxygen atoms in total. The maximum atomic E-state index is 11.6. The minimum atomic E-state index is -0.253. The van der Waals surface area contributed by atoms with Gasteiger partial charge >= 0.3 is 0 Å². The molecule has 0 aromatic carbocycles. The molecule has 0 radical (unpaired) electrons. The number of nitrogens with two attached hydrogens (primary N) is 1. The Kier molecular flexibility index (Phi) is 3.70. The van der Waals surface area contributed by atoms with Crippen molar-refractivity contribution in [1.82, 2.24) is 10.4 Å². The summed E-state index contributed by atoms with van der Waals surface area (Å²) in [6, 6.07) is 0. The second-order valence-corrected chi connectivity index (χ2v) is 6.11. The van der Waals surface area contributed by atoms with Gasteiger partial charge in [0.25, 0.3) is 5.91 Å². The Labute approximate surface area is 100 Å². The minimum absolute atomic E-state index is 0.0402. The summed E-state index contributed by atoms with van der Waals surface area (Å²) in [4.78, 5) is 16.8. The van der Waals surface area contributed by atoms with E-state index in [4.69, 9.17) is 5.84 Å². The summed E-state index contributed by atoms with van der Waals surface area (Å²) in [5.41, 5.74) is 2.96. The van der Waals surface area contributed by atoms with E-state index in [9.17, 15) is 4.79 Å². The van der Waals surface area contributed by atoms with Gasteiger partial charge in [-0.25, -0.2) is 10.8 Å². The van der Waals surface area contributed by atoms with E-state index >= 15 is 0 Å². The summed E-state index contributed by atoms with van der Waals surface area (Å²) in [7, 11) is 0. The summed E-state index contributed by atoms with van der Waals surface area (Å²) < 4.78 is 0. The fourth-order valence-corrected chi connectivity index (χ4v) is 2.45. The molecule has 3 N–H and O–H groups in total. The third-order valence-corrected chi connectivity index (χ3v) is 3.67. The van der Waals surface area contributed by atoms with Crippen LogP contribution in [0.3, 0.4) is 0 Å². The number of nitrogens with one attached hydrogen (secondary N) is 1. The Balaban J connectivity index is 3.26. The molecule has 1 aromatic rings. The SMILES string of the molecule is CC(C)c1nc(C(C)(C)C)sc1C(=O)NN. The highest BCUT2D eigenvalue weighted by atomic mass is 32.1. The van der Waals surface area contributed by atoms with Crippen LogP contribution in [-0.4, -0.2) is 10.9 Å². The zero-order valence-electron chi connectivity index (χ0n) is 10.4. The van der Waals surface area contributed by atoms with Crippen molar-refractivity contribution in [3.63, 3.8) is 0 Å². The highest BCUT2D eigenvalue weighted by molar-refractivity contribution is 7.14. The second-order valence-electron chi connectivity index (χ2n) is 5.11. The molecule has 1 amide bonds. The lowest BCUT2D eigenvalue weighted by Gasteiger charge is -2.13. The van der Waals surface area contributed by atoms with Gasteiger partial charge in [-0.3, -0.25) is 10.2 Å². The highest BCUT2D eigenvalue weighted by Crippen LogP contribution is 2.32. The van der Waals surface area contributed by atoms with Crippen molar-refractivity contribution in [2.75, 3.05) is 0 Å². The van der Waals surface area contributed by atoms with Crippen LogP contribution in [0.1, 0.15) is 60.9 Å². The topological polar surface area (TPSA) is 68.0 Å². The van der Waals surface area contributed by atoms with Gasteiger partial charge in [0.05, 0.1) is 10.7 Å². The molecule has 1 heterocycles. The van der Waals surface area contributed by atoms with Gasteiger partial charge in [-0.05, 0) is 5.92 Å². The lowest BCUT2D eigenvalue weighted by Crippen LogP contribution is -2.30. The molecule has 0 aliphatic rings. The number of aromatic nitrogens is 1. The quantitative estimate of drug-likeness (QED) is 0.473. The number of hydrogen-bond acceptors (Lipinski definition) is 4. The first kappa shape index (κ1) is 13.1. The molecule has 90 valence electrons. The molecule has 0 saturated carbocycles. The van der Waals surface area contributed by atoms with Crippen LogP contribution in [0.25, 0.3) is 0 Å². The van der Waals surface area contributed by atoms with Gasteiger partial charge in [0.15, 0.2) is 0 Å². The third-order valence-electron chi connectivity index (χ3n) is 2.18. The number of carbonyl (C=O) groups excluding carboxylic acids is 1. The Morgan fingerprint density at radius 1 is 1.44 bits per heavy atom. The van der Waals surface area contributed by atoms with Crippen molar-refractivity contribution in [3.05, 3.63) is 15.6 Å². The van der Waals surface area contributed by atoms with Crippen molar-refractivity contribution in [1.29, 1.82) is 0 Å². The van der Waals surface area contributed by atoms with E-state index in [1.807, 2.05) is 13.8 Å². The number of hydrazine groups is 1. The van der Waals surface area contributed by atoms with Gasteiger partial charge in [0, 0.05) is 5.41 Å². The van der Waals surface area contributed by atoms with Gasteiger partial charge in [-0.1, -0.05) is 34.6 Å². The summed E-state index contributed by atoms with van der Waals surface area (Å²) in [5, 5.41) is 0.967. The molecule has 1 rings (SSSR count). The Morgan fingerprint density at radius 3 is 2.38 bits per heavy atom. The average molecular weight is 241 g/mol. The second kappa shape index (κ2) is 4.51. The van der Waals surface area contributed by atoms with Crippen LogP contribution < -0.4 is 11.3 Å². The number of nitrogen functional groups attached to an aromatic ring is 1. The van der Waals surface area contributed by atoms with Crippen LogP contribution >= 0.6 is 11.3 Å². The molecule has 0 aliphatic carbocycles. The van der Waals surface area contributed by atoms with Crippen LogP contribution in [-0.2, 0) is 5.41 Å². The minimum Gasteiger partial charge on any atom is -0.289 e. The Hall–Kier alpha value is -0.940. The average Bonchev–Trinajstić information content (AvgIpc) is 2.60. The molecule has 0 bridgehead atoms. The predicted molar refractivity (Wildman–Crippen MR) is 66.6 cm³/mol. The van der Waals surface area contributed by atoms with E-state index < -0.39 is 0 Å². The number of nitrogens with zero attached hydrogens (tertiary/aromatic N) is 1. The lowest BCUT2D eigenvalue weighted by atomic mass is 9.98. The van der Waals surface area contributed by atoms with Crippen LogP contribution in [0.2, 0.25) is 0 Å². The fraction of sp³-hybridized carbons (Fsp3) is 0.636. The van der Waals surface area contributed by atoms with Crippen LogP contribution in [0, 0.1) is 0 Å². The van der Waals surface area contributed by atoms with Crippen molar-refractivity contribution >= 4 is 17.2 Å². The van der Waals surface area contributed by atoms with E-state index in [1.54, 1.807) is 0 Å². The van der Waals surface area contributed by atoms with E-state index in [0.29, 0.717) is 4.88 Å². The number of carbonyl (C=O) groups is 1. The maximum Gasteiger partial charge on any atom is 0.277 e. The zero-order chi connectivity index (χ0) is 12.5. The van der Waals surface area contributed by atoms with Gasteiger partial charge < -0.3 is 0 Å². The molecule has 0 unspecified atom stereocenters.